The van der Waals surface area contributed by atoms with Crippen LogP contribution < -0.4 is 10.4 Å². The Bertz CT molecular complexity index is 784. The summed E-state index contributed by atoms with van der Waals surface area (Å²) in [5.74, 6) is 0.162. The van der Waals surface area contributed by atoms with Gasteiger partial charge in [0.1, 0.15) is 41.9 Å². The SMILES string of the molecule is Cc1cc(=O)oc2cc(OC3[C@@H](O)[C@H](O)C(O)[C@H](O)[C@@H]3O)ccc12. The highest BCUT2D eigenvalue weighted by Gasteiger charge is 2.49. The molecule has 0 bridgehead atoms. The van der Waals surface area contributed by atoms with Crippen LogP contribution in [0.25, 0.3) is 11.0 Å². The molecule has 1 aliphatic rings. The third-order valence-electron chi connectivity index (χ3n) is 4.27. The molecule has 2 aromatic rings. The lowest BCUT2D eigenvalue weighted by molar-refractivity contribution is -0.216. The zero-order valence-corrected chi connectivity index (χ0v) is 12.7. The second kappa shape index (κ2) is 6.15. The van der Waals surface area contributed by atoms with Crippen LogP contribution in [0.5, 0.6) is 5.75 Å². The average molecular weight is 338 g/mol. The minimum absolute atomic E-state index is 0.162. The van der Waals surface area contributed by atoms with Crippen molar-refractivity contribution in [3.63, 3.8) is 0 Å². The van der Waals surface area contributed by atoms with Gasteiger partial charge in [-0.25, -0.2) is 4.79 Å². The van der Waals surface area contributed by atoms with E-state index >= 15 is 0 Å². The van der Waals surface area contributed by atoms with Gasteiger partial charge in [-0.05, 0) is 24.6 Å². The van der Waals surface area contributed by atoms with Crippen molar-refractivity contribution in [3.05, 3.63) is 40.2 Å². The number of aryl methyl sites for hydroxylation is 1. The first-order chi connectivity index (χ1) is 11.3. The van der Waals surface area contributed by atoms with E-state index in [1.807, 2.05) is 0 Å². The molecule has 0 radical (unpaired) electrons. The fourth-order valence-electron chi connectivity index (χ4n) is 2.87. The first-order valence-electron chi connectivity index (χ1n) is 7.41. The summed E-state index contributed by atoms with van der Waals surface area (Å²) in [5.41, 5.74) is 0.460. The number of hydrogen-bond acceptors (Lipinski definition) is 8. The number of hydrogen-bond donors (Lipinski definition) is 5. The van der Waals surface area contributed by atoms with Crippen LogP contribution in [0.15, 0.2) is 33.5 Å². The molecule has 8 heteroatoms. The Labute approximate surface area is 136 Å². The van der Waals surface area contributed by atoms with Gasteiger partial charge in [-0.3, -0.25) is 0 Å². The zero-order chi connectivity index (χ0) is 17.6. The maximum absolute atomic E-state index is 11.5. The van der Waals surface area contributed by atoms with Gasteiger partial charge in [-0.1, -0.05) is 0 Å². The zero-order valence-electron chi connectivity index (χ0n) is 12.7. The molecule has 0 saturated heterocycles. The summed E-state index contributed by atoms with van der Waals surface area (Å²) >= 11 is 0. The lowest BCUT2D eigenvalue weighted by Crippen LogP contribution is -2.65. The minimum atomic E-state index is -1.69. The van der Waals surface area contributed by atoms with E-state index in [-0.39, 0.29) is 11.3 Å². The fraction of sp³-hybridized carbons (Fsp3) is 0.438. The summed E-state index contributed by atoms with van der Waals surface area (Å²) in [6.07, 6.45) is -9.63. The minimum Gasteiger partial charge on any atom is -0.485 e. The largest absolute Gasteiger partial charge is 0.485 e. The number of fused-ring (bicyclic) bond motifs is 1. The molecule has 5 N–H and O–H groups in total. The molecular formula is C16H18O8. The van der Waals surface area contributed by atoms with E-state index in [0.717, 1.165) is 5.56 Å². The van der Waals surface area contributed by atoms with E-state index in [1.54, 1.807) is 19.1 Å². The van der Waals surface area contributed by atoms with Gasteiger partial charge in [-0.2, -0.15) is 0 Å². The molecule has 0 aliphatic heterocycles. The van der Waals surface area contributed by atoms with Crippen LogP contribution in [-0.4, -0.2) is 62.2 Å². The lowest BCUT2D eigenvalue weighted by atomic mass is 9.85. The van der Waals surface area contributed by atoms with Crippen molar-refractivity contribution >= 4 is 11.0 Å². The van der Waals surface area contributed by atoms with Crippen LogP contribution in [0.2, 0.25) is 0 Å². The monoisotopic (exact) mass is 338 g/mol. The topological polar surface area (TPSA) is 141 Å². The van der Waals surface area contributed by atoms with Gasteiger partial charge in [0.15, 0.2) is 6.10 Å². The highest BCUT2D eigenvalue weighted by molar-refractivity contribution is 5.81. The first-order valence-corrected chi connectivity index (χ1v) is 7.41. The number of aliphatic hydroxyl groups excluding tert-OH is 5. The van der Waals surface area contributed by atoms with Gasteiger partial charge in [-0.15, -0.1) is 0 Å². The van der Waals surface area contributed by atoms with E-state index < -0.39 is 42.2 Å². The van der Waals surface area contributed by atoms with Crippen LogP contribution in [0.1, 0.15) is 5.56 Å². The molecule has 1 heterocycles. The molecule has 6 atom stereocenters. The van der Waals surface area contributed by atoms with Crippen molar-refractivity contribution in [1.82, 2.24) is 0 Å². The van der Waals surface area contributed by atoms with Crippen LogP contribution in [0, 0.1) is 6.92 Å². The molecule has 0 spiro atoms. The second-order valence-corrected chi connectivity index (χ2v) is 5.94. The van der Waals surface area contributed by atoms with E-state index in [4.69, 9.17) is 9.15 Å². The van der Waals surface area contributed by atoms with Crippen molar-refractivity contribution in [1.29, 1.82) is 0 Å². The maximum atomic E-state index is 11.5. The van der Waals surface area contributed by atoms with Crippen LogP contribution in [0.3, 0.4) is 0 Å². The third kappa shape index (κ3) is 2.79. The summed E-state index contributed by atoms with van der Waals surface area (Å²) in [6.45, 7) is 1.75. The van der Waals surface area contributed by atoms with Crippen LogP contribution in [-0.2, 0) is 0 Å². The molecular weight excluding hydrogens is 320 g/mol. The van der Waals surface area contributed by atoms with E-state index in [2.05, 4.69) is 0 Å². The van der Waals surface area contributed by atoms with Crippen molar-refractivity contribution < 1.29 is 34.7 Å². The Balaban J connectivity index is 1.92. The smallest absolute Gasteiger partial charge is 0.336 e. The molecule has 1 aliphatic carbocycles. The third-order valence-corrected chi connectivity index (χ3v) is 4.27. The van der Waals surface area contributed by atoms with Crippen molar-refractivity contribution in [3.8, 4) is 5.75 Å². The number of aliphatic hydroxyl groups is 5. The quantitative estimate of drug-likeness (QED) is 0.424. The molecule has 24 heavy (non-hydrogen) atoms. The lowest BCUT2D eigenvalue weighted by Gasteiger charge is -2.41. The first kappa shape index (κ1) is 16.9. The average Bonchev–Trinajstić information content (AvgIpc) is 2.54. The van der Waals surface area contributed by atoms with Gasteiger partial charge < -0.3 is 34.7 Å². The molecule has 130 valence electrons. The number of rotatable bonds is 2. The van der Waals surface area contributed by atoms with Crippen LogP contribution in [0.4, 0.5) is 0 Å². The summed E-state index contributed by atoms with van der Waals surface area (Å²) in [6, 6.07) is 5.95. The van der Waals surface area contributed by atoms with Gasteiger partial charge in [0.05, 0.1) is 0 Å². The highest BCUT2D eigenvalue weighted by atomic mass is 16.5. The maximum Gasteiger partial charge on any atom is 0.336 e. The molecule has 2 unspecified atom stereocenters. The molecule has 3 rings (SSSR count). The molecule has 1 fully saturated rings. The van der Waals surface area contributed by atoms with E-state index in [0.29, 0.717) is 5.39 Å². The molecule has 1 aromatic heterocycles. The predicted molar refractivity (Wildman–Crippen MR) is 81.7 cm³/mol. The van der Waals surface area contributed by atoms with Gasteiger partial charge >= 0.3 is 5.63 Å². The number of benzene rings is 1. The van der Waals surface area contributed by atoms with Crippen molar-refractivity contribution in [2.45, 2.75) is 43.5 Å². The van der Waals surface area contributed by atoms with Gasteiger partial charge in [0.2, 0.25) is 0 Å². The Morgan fingerprint density at radius 3 is 2.12 bits per heavy atom. The Morgan fingerprint density at radius 1 is 0.917 bits per heavy atom. The second-order valence-electron chi connectivity index (χ2n) is 5.94. The molecule has 0 amide bonds. The van der Waals surface area contributed by atoms with E-state index in [9.17, 15) is 30.3 Å². The van der Waals surface area contributed by atoms with Crippen molar-refractivity contribution in [2.24, 2.45) is 0 Å². The summed E-state index contributed by atoms with van der Waals surface area (Å²) in [5, 5.41) is 49.6. The molecule has 8 nitrogen and oxygen atoms in total. The fourth-order valence-corrected chi connectivity index (χ4v) is 2.87. The Morgan fingerprint density at radius 2 is 1.50 bits per heavy atom. The number of ether oxygens (including phenoxy) is 1. The van der Waals surface area contributed by atoms with Crippen molar-refractivity contribution in [2.75, 3.05) is 0 Å². The molecule has 1 aromatic carbocycles. The van der Waals surface area contributed by atoms with Crippen LogP contribution >= 0.6 is 0 Å². The highest BCUT2D eigenvalue weighted by Crippen LogP contribution is 2.28. The normalized spacial score (nSPS) is 33.6. The van der Waals surface area contributed by atoms with Gasteiger partial charge in [0.25, 0.3) is 0 Å². The van der Waals surface area contributed by atoms with E-state index in [1.165, 1.54) is 12.1 Å². The summed E-state index contributed by atoms with van der Waals surface area (Å²) in [4.78, 5) is 11.5. The standard InChI is InChI=1S/C16H18O8/c1-6-4-10(17)24-9-5-7(2-3-8(6)9)23-16-14(21)12(19)11(18)13(20)15(16)22/h2-5,11-16,18-22H,1H3/t11?,12-,13+,14-,15-,16?/m0/s1. The summed E-state index contributed by atoms with van der Waals surface area (Å²) in [7, 11) is 0. The Kier molecular flexibility index (Phi) is 4.33. The molecule has 1 saturated carbocycles. The summed E-state index contributed by atoms with van der Waals surface area (Å²) < 4.78 is 10.5. The Hall–Kier alpha value is -1.97. The predicted octanol–water partition coefficient (Wildman–Crippen LogP) is -1.33. The van der Waals surface area contributed by atoms with Gasteiger partial charge in [0, 0.05) is 17.5 Å².